The maximum absolute atomic E-state index is 11.8. The fourth-order valence-electron chi connectivity index (χ4n) is 2.60. The Morgan fingerprint density at radius 2 is 2.00 bits per heavy atom. The minimum Gasteiger partial charge on any atom is -0.488 e. The van der Waals surface area contributed by atoms with Gasteiger partial charge in [0.2, 0.25) is 5.88 Å². The molecule has 1 fully saturated rings. The number of carbonyl (C=O) groups excluding carboxylic acids is 1. The van der Waals surface area contributed by atoms with Crippen LogP contribution in [0.15, 0.2) is 36.5 Å². The molecule has 0 aliphatic carbocycles. The third-order valence-corrected chi connectivity index (χ3v) is 5.82. The first-order valence-electron chi connectivity index (χ1n) is 8.76. The number of ether oxygens (including phenoxy) is 3. The van der Waals surface area contributed by atoms with E-state index in [-0.39, 0.29) is 41.8 Å². The lowest BCUT2D eigenvalue weighted by molar-refractivity contribution is -0.144. The Hall–Kier alpha value is -1.38. The number of carbonyl (C=O) groups is 1. The first-order chi connectivity index (χ1) is 13.5. The summed E-state index contributed by atoms with van der Waals surface area (Å²) >= 11 is 13.5. The van der Waals surface area contributed by atoms with E-state index < -0.39 is 0 Å². The average molecular weight is 480 g/mol. The van der Waals surface area contributed by atoms with E-state index in [1.807, 2.05) is 6.92 Å². The van der Waals surface area contributed by atoms with Gasteiger partial charge in [0, 0.05) is 11.9 Å². The summed E-state index contributed by atoms with van der Waals surface area (Å²) in [7, 11) is 0. The predicted molar refractivity (Wildman–Crippen MR) is 118 cm³/mol. The molecule has 0 radical (unpaired) electrons. The SMILES string of the molecule is CCOC(=O)C1CS[C@H](C(C)Oc2ccc(Oc3ncc(Cl)cc3Cl)cc2)N1.Cl. The molecule has 1 aliphatic heterocycles. The lowest BCUT2D eigenvalue weighted by atomic mass is 10.3. The quantitative estimate of drug-likeness (QED) is 0.563. The van der Waals surface area contributed by atoms with E-state index in [4.69, 9.17) is 37.4 Å². The Bertz CT molecular complexity index is 826. The van der Waals surface area contributed by atoms with Crippen LogP contribution in [0.2, 0.25) is 10.0 Å². The van der Waals surface area contributed by atoms with Crippen LogP contribution in [0, 0.1) is 0 Å². The van der Waals surface area contributed by atoms with Crippen LogP contribution in [0.3, 0.4) is 0 Å². The first kappa shape index (κ1) is 23.9. The second-order valence-electron chi connectivity index (χ2n) is 6.06. The van der Waals surface area contributed by atoms with Crippen LogP contribution in [-0.2, 0) is 9.53 Å². The zero-order valence-electron chi connectivity index (χ0n) is 15.8. The van der Waals surface area contributed by atoms with Crippen LogP contribution in [0.1, 0.15) is 13.8 Å². The molecule has 0 bridgehead atoms. The third kappa shape index (κ3) is 6.55. The van der Waals surface area contributed by atoms with Crippen LogP contribution in [0.5, 0.6) is 17.4 Å². The van der Waals surface area contributed by atoms with Crippen molar-refractivity contribution in [3.05, 3.63) is 46.6 Å². The fraction of sp³-hybridized carbons (Fsp3) is 0.368. The second kappa shape index (κ2) is 11.1. The molecular weight excluding hydrogens is 459 g/mol. The highest BCUT2D eigenvalue weighted by Crippen LogP contribution is 2.31. The number of hydrogen-bond acceptors (Lipinski definition) is 7. The smallest absolute Gasteiger partial charge is 0.324 e. The van der Waals surface area contributed by atoms with Gasteiger partial charge in [-0.05, 0) is 44.2 Å². The fourth-order valence-corrected chi connectivity index (χ4v) is 4.23. The number of esters is 1. The molecule has 1 N–H and O–H groups in total. The van der Waals surface area contributed by atoms with Gasteiger partial charge in [0.25, 0.3) is 0 Å². The molecule has 29 heavy (non-hydrogen) atoms. The number of pyridine rings is 1. The van der Waals surface area contributed by atoms with Gasteiger partial charge in [-0.1, -0.05) is 23.2 Å². The van der Waals surface area contributed by atoms with E-state index in [9.17, 15) is 4.79 Å². The summed E-state index contributed by atoms with van der Waals surface area (Å²) in [5.41, 5.74) is 0. The largest absolute Gasteiger partial charge is 0.488 e. The topological polar surface area (TPSA) is 69.7 Å². The first-order valence-corrected chi connectivity index (χ1v) is 10.6. The van der Waals surface area contributed by atoms with Gasteiger partial charge in [-0.2, -0.15) is 0 Å². The molecule has 0 saturated carbocycles. The zero-order chi connectivity index (χ0) is 20.1. The third-order valence-electron chi connectivity index (χ3n) is 3.94. The molecule has 2 aromatic rings. The molecule has 6 nitrogen and oxygen atoms in total. The number of aromatic nitrogens is 1. The van der Waals surface area contributed by atoms with Crippen molar-refractivity contribution in [2.24, 2.45) is 0 Å². The van der Waals surface area contributed by atoms with Gasteiger partial charge in [-0.3, -0.25) is 10.1 Å². The standard InChI is InChI=1S/C19H20Cl2N2O4S.ClH/c1-3-25-19(24)16-10-28-18(23-16)11(2)26-13-4-6-14(7-5-13)27-17-15(21)8-12(20)9-22-17;/h4-9,11,16,18,23H,3,10H2,1-2H3;1H/t11?,16?,18-;/m1./s1. The highest BCUT2D eigenvalue weighted by Gasteiger charge is 2.34. The van der Waals surface area contributed by atoms with Gasteiger partial charge >= 0.3 is 5.97 Å². The van der Waals surface area contributed by atoms with Crippen molar-refractivity contribution in [1.29, 1.82) is 0 Å². The number of benzene rings is 1. The van der Waals surface area contributed by atoms with Crippen molar-refractivity contribution < 1.29 is 19.0 Å². The maximum Gasteiger partial charge on any atom is 0.324 e. The van der Waals surface area contributed by atoms with Crippen molar-refractivity contribution >= 4 is 53.3 Å². The van der Waals surface area contributed by atoms with E-state index in [0.717, 1.165) is 0 Å². The lowest BCUT2D eigenvalue weighted by Crippen LogP contribution is -2.43. The number of nitrogens with one attached hydrogen (secondary N) is 1. The number of halogens is 3. The number of hydrogen-bond donors (Lipinski definition) is 1. The van der Waals surface area contributed by atoms with Gasteiger partial charge in [0.15, 0.2) is 0 Å². The molecule has 1 aromatic carbocycles. The summed E-state index contributed by atoms with van der Waals surface area (Å²) < 4.78 is 16.7. The number of thioether (sulfide) groups is 1. The highest BCUT2D eigenvalue weighted by atomic mass is 35.5. The van der Waals surface area contributed by atoms with Crippen molar-refractivity contribution in [3.63, 3.8) is 0 Å². The summed E-state index contributed by atoms with van der Waals surface area (Å²) in [6.07, 6.45) is 1.33. The molecule has 1 aliphatic rings. The summed E-state index contributed by atoms with van der Waals surface area (Å²) in [5, 5.41) is 4.04. The molecule has 158 valence electrons. The minimum atomic E-state index is -0.298. The molecule has 1 saturated heterocycles. The van der Waals surface area contributed by atoms with E-state index in [0.29, 0.717) is 33.9 Å². The van der Waals surface area contributed by atoms with E-state index in [2.05, 4.69) is 10.3 Å². The summed E-state index contributed by atoms with van der Waals surface area (Å²) in [6.45, 7) is 4.14. The monoisotopic (exact) mass is 478 g/mol. The van der Waals surface area contributed by atoms with E-state index >= 15 is 0 Å². The zero-order valence-corrected chi connectivity index (χ0v) is 18.9. The molecule has 10 heteroatoms. The second-order valence-corrected chi connectivity index (χ2v) is 8.08. The van der Waals surface area contributed by atoms with Gasteiger partial charge in [0.1, 0.15) is 28.7 Å². The summed E-state index contributed by atoms with van der Waals surface area (Å²) in [5.74, 6) is 1.99. The molecule has 3 rings (SSSR count). The Morgan fingerprint density at radius 1 is 1.31 bits per heavy atom. The van der Waals surface area contributed by atoms with Gasteiger partial charge in [-0.25, -0.2) is 4.98 Å². The Labute approximate surface area is 190 Å². The van der Waals surface area contributed by atoms with Crippen LogP contribution in [0.4, 0.5) is 0 Å². The lowest BCUT2D eigenvalue weighted by Gasteiger charge is -2.21. The highest BCUT2D eigenvalue weighted by molar-refractivity contribution is 8.00. The van der Waals surface area contributed by atoms with Gasteiger partial charge in [-0.15, -0.1) is 24.2 Å². The molecule has 2 unspecified atom stereocenters. The molecule has 3 atom stereocenters. The van der Waals surface area contributed by atoms with Crippen LogP contribution < -0.4 is 14.8 Å². The van der Waals surface area contributed by atoms with Crippen LogP contribution >= 0.6 is 47.4 Å². The van der Waals surface area contributed by atoms with Crippen LogP contribution in [0.25, 0.3) is 0 Å². The summed E-state index contributed by atoms with van der Waals surface area (Å²) in [4.78, 5) is 15.9. The number of nitrogens with zero attached hydrogens (tertiary/aromatic N) is 1. The van der Waals surface area contributed by atoms with Crippen molar-refractivity contribution in [2.45, 2.75) is 31.4 Å². The molecular formula is C19H21Cl3N2O4S. The van der Waals surface area contributed by atoms with Crippen molar-refractivity contribution in [3.8, 4) is 17.4 Å². The molecule has 2 heterocycles. The number of rotatable bonds is 7. The molecule has 1 aromatic heterocycles. The van der Waals surface area contributed by atoms with E-state index in [1.165, 1.54) is 6.20 Å². The average Bonchev–Trinajstić information content (AvgIpc) is 3.16. The van der Waals surface area contributed by atoms with Crippen molar-refractivity contribution in [2.75, 3.05) is 12.4 Å². The minimum absolute atomic E-state index is 0. The summed E-state index contributed by atoms with van der Waals surface area (Å²) in [6, 6.07) is 8.42. The predicted octanol–water partition coefficient (Wildman–Crippen LogP) is 4.96. The van der Waals surface area contributed by atoms with Crippen molar-refractivity contribution in [1.82, 2.24) is 10.3 Å². The Morgan fingerprint density at radius 3 is 2.66 bits per heavy atom. The van der Waals surface area contributed by atoms with E-state index in [1.54, 1.807) is 49.0 Å². The van der Waals surface area contributed by atoms with Gasteiger partial charge in [0.05, 0.1) is 17.0 Å². The molecule has 0 amide bonds. The van der Waals surface area contributed by atoms with Crippen LogP contribution in [-0.4, -0.2) is 40.8 Å². The molecule has 0 spiro atoms. The maximum atomic E-state index is 11.8. The Kier molecular flexibility index (Phi) is 9.17. The Balaban J connectivity index is 0.00000300. The normalized spacial score (nSPS) is 19.2. The van der Waals surface area contributed by atoms with Gasteiger partial charge < -0.3 is 14.2 Å².